The highest BCUT2D eigenvalue weighted by Crippen LogP contribution is 2.41. The molecule has 2 N–H and O–H groups in total. The van der Waals surface area contributed by atoms with Gasteiger partial charge in [0.2, 0.25) is 0 Å². The Morgan fingerprint density at radius 2 is 2.06 bits per heavy atom. The van der Waals surface area contributed by atoms with Gasteiger partial charge in [0.05, 0.1) is 12.3 Å². The molecule has 0 saturated carbocycles. The van der Waals surface area contributed by atoms with E-state index in [0.29, 0.717) is 0 Å². The minimum absolute atomic E-state index is 0.723. The van der Waals surface area contributed by atoms with E-state index in [-0.39, 0.29) is 0 Å². The topological polar surface area (TPSA) is 48.1 Å². The fourth-order valence-electron chi connectivity index (χ4n) is 2.48. The van der Waals surface area contributed by atoms with Crippen LogP contribution >= 0.6 is 0 Å². The van der Waals surface area contributed by atoms with E-state index < -0.39 is 0 Å². The molecule has 1 aromatic carbocycles. The Balaban J connectivity index is 2.28. The number of anilines is 1. The van der Waals surface area contributed by atoms with Crippen molar-refractivity contribution in [2.45, 2.75) is 13.3 Å². The normalized spacial score (nSPS) is 13.2. The summed E-state index contributed by atoms with van der Waals surface area (Å²) in [5.74, 6) is 0.863. The van der Waals surface area contributed by atoms with Crippen molar-refractivity contribution >= 4 is 5.69 Å². The van der Waals surface area contributed by atoms with Crippen LogP contribution in [0.3, 0.4) is 0 Å². The summed E-state index contributed by atoms with van der Waals surface area (Å²) in [5.41, 5.74) is 11.6. The predicted molar refractivity (Wildman–Crippen MR) is 68.0 cm³/mol. The average Bonchev–Trinajstić information content (AvgIpc) is 2.79. The van der Waals surface area contributed by atoms with Gasteiger partial charge in [-0.3, -0.25) is 4.98 Å². The van der Waals surface area contributed by atoms with Gasteiger partial charge in [0.1, 0.15) is 5.75 Å². The molecule has 1 aromatic heterocycles. The first kappa shape index (κ1) is 10.1. The van der Waals surface area contributed by atoms with Gasteiger partial charge in [-0.05, 0) is 41.8 Å². The summed E-state index contributed by atoms with van der Waals surface area (Å²) in [4.78, 5) is 4.06. The fraction of sp³-hybridized carbons (Fsp3) is 0.214. The fourth-order valence-corrected chi connectivity index (χ4v) is 2.48. The molecule has 3 nitrogen and oxygen atoms in total. The van der Waals surface area contributed by atoms with Crippen molar-refractivity contribution < 1.29 is 4.74 Å². The summed E-state index contributed by atoms with van der Waals surface area (Å²) < 4.78 is 5.61. The molecule has 17 heavy (non-hydrogen) atoms. The first-order valence-electron chi connectivity index (χ1n) is 5.72. The van der Waals surface area contributed by atoms with Crippen LogP contribution in [0.1, 0.15) is 11.1 Å². The van der Waals surface area contributed by atoms with E-state index in [0.717, 1.165) is 24.5 Å². The maximum absolute atomic E-state index is 5.98. The highest BCUT2D eigenvalue weighted by molar-refractivity contribution is 5.79. The van der Waals surface area contributed by atoms with Gasteiger partial charge < -0.3 is 10.5 Å². The molecule has 3 heteroatoms. The van der Waals surface area contributed by atoms with Gasteiger partial charge in [-0.25, -0.2) is 0 Å². The number of rotatable bonds is 1. The largest absolute Gasteiger partial charge is 0.491 e. The maximum Gasteiger partial charge on any atom is 0.146 e. The summed E-state index contributed by atoms with van der Waals surface area (Å²) in [6.07, 6.45) is 4.56. The molecule has 2 aromatic rings. The van der Waals surface area contributed by atoms with Gasteiger partial charge in [-0.2, -0.15) is 0 Å². The Kier molecular flexibility index (Phi) is 2.25. The number of pyridine rings is 1. The lowest BCUT2D eigenvalue weighted by Crippen LogP contribution is -1.95. The lowest BCUT2D eigenvalue weighted by Gasteiger charge is -2.13. The third-order valence-electron chi connectivity index (χ3n) is 3.17. The molecule has 0 radical (unpaired) electrons. The van der Waals surface area contributed by atoms with Gasteiger partial charge in [-0.1, -0.05) is 0 Å². The maximum atomic E-state index is 5.98. The van der Waals surface area contributed by atoms with Gasteiger partial charge in [-0.15, -0.1) is 0 Å². The van der Waals surface area contributed by atoms with Gasteiger partial charge in [0.25, 0.3) is 0 Å². The van der Waals surface area contributed by atoms with E-state index in [4.69, 9.17) is 10.5 Å². The van der Waals surface area contributed by atoms with E-state index in [1.54, 1.807) is 0 Å². The summed E-state index contributed by atoms with van der Waals surface area (Å²) in [6, 6.07) is 6.04. The van der Waals surface area contributed by atoms with Crippen molar-refractivity contribution in [3.63, 3.8) is 0 Å². The first-order valence-corrected chi connectivity index (χ1v) is 5.72. The molecule has 2 heterocycles. The quantitative estimate of drug-likeness (QED) is 0.760. The van der Waals surface area contributed by atoms with Crippen LogP contribution in [0.4, 0.5) is 5.69 Å². The standard InChI is InChI=1S/C14H14N2O/c1-9-8-12(15)14-11(4-7-17-14)13(9)10-2-5-16-6-3-10/h2-3,5-6,8H,4,7,15H2,1H3. The number of benzene rings is 1. The highest BCUT2D eigenvalue weighted by Gasteiger charge is 2.21. The van der Waals surface area contributed by atoms with E-state index in [2.05, 4.69) is 11.9 Å². The molecule has 3 rings (SSSR count). The Hall–Kier alpha value is -2.03. The van der Waals surface area contributed by atoms with Crippen LogP contribution in [0.5, 0.6) is 5.75 Å². The SMILES string of the molecule is Cc1cc(N)c2c(c1-c1ccncc1)CCO2. The summed E-state index contributed by atoms with van der Waals surface area (Å²) in [5, 5.41) is 0. The molecule has 0 fully saturated rings. The molecule has 0 saturated heterocycles. The third-order valence-corrected chi connectivity index (χ3v) is 3.17. The number of hydrogen-bond donors (Lipinski definition) is 1. The van der Waals surface area contributed by atoms with Gasteiger partial charge >= 0.3 is 0 Å². The van der Waals surface area contributed by atoms with Crippen LogP contribution in [0.25, 0.3) is 11.1 Å². The van der Waals surface area contributed by atoms with Crippen LogP contribution in [0.2, 0.25) is 0 Å². The third kappa shape index (κ3) is 1.55. The monoisotopic (exact) mass is 226 g/mol. The molecule has 86 valence electrons. The van der Waals surface area contributed by atoms with Gasteiger partial charge in [0, 0.05) is 24.4 Å². The highest BCUT2D eigenvalue weighted by atomic mass is 16.5. The van der Waals surface area contributed by atoms with Crippen molar-refractivity contribution in [1.82, 2.24) is 4.98 Å². The summed E-state index contributed by atoms with van der Waals surface area (Å²) in [6.45, 7) is 2.81. The molecule has 1 aliphatic heterocycles. The Morgan fingerprint density at radius 1 is 1.29 bits per heavy atom. The van der Waals surface area contributed by atoms with Crippen molar-refractivity contribution in [2.24, 2.45) is 0 Å². The smallest absolute Gasteiger partial charge is 0.146 e. The number of ether oxygens (including phenoxy) is 1. The molecule has 0 bridgehead atoms. The number of hydrogen-bond acceptors (Lipinski definition) is 3. The average molecular weight is 226 g/mol. The van der Waals surface area contributed by atoms with E-state index in [1.807, 2.05) is 30.6 Å². The minimum atomic E-state index is 0.723. The summed E-state index contributed by atoms with van der Waals surface area (Å²) in [7, 11) is 0. The van der Waals surface area contributed by atoms with Crippen molar-refractivity contribution in [2.75, 3.05) is 12.3 Å². The first-order chi connectivity index (χ1) is 8.27. The second kappa shape index (κ2) is 3.77. The second-order valence-corrected chi connectivity index (χ2v) is 4.30. The number of nitrogens with zero attached hydrogens (tertiary/aromatic N) is 1. The van der Waals surface area contributed by atoms with Crippen molar-refractivity contribution in [3.05, 3.63) is 41.7 Å². The van der Waals surface area contributed by atoms with Crippen LogP contribution in [0, 0.1) is 6.92 Å². The molecular formula is C14H14N2O. The molecule has 0 spiro atoms. The number of fused-ring (bicyclic) bond motifs is 1. The lowest BCUT2D eigenvalue weighted by molar-refractivity contribution is 0.358. The molecular weight excluding hydrogens is 212 g/mol. The Labute approximate surface area is 100 Å². The van der Waals surface area contributed by atoms with Crippen molar-refractivity contribution in [1.29, 1.82) is 0 Å². The molecule has 0 aliphatic carbocycles. The summed E-state index contributed by atoms with van der Waals surface area (Å²) >= 11 is 0. The Bertz CT molecular complexity index is 564. The van der Waals surface area contributed by atoms with Crippen LogP contribution in [0.15, 0.2) is 30.6 Å². The van der Waals surface area contributed by atoms with Gasteiger partial charge in [0.15, 0.2) is 0 Å². The van der Waals surface area contributed by atoms with E-state index in [9.17, 15) is 0 Å². The number of nitrogens with two attached hydrogens (primary N) is 1. The molecule has 0 atom stereocenters. The van der Waals surface area contributed by atoms with Crippen LogP contribution in [-0.4, -0.2) is 11.6 Å². The molecule has 0 amide bonds. The molecule has 0 unspecified atom stereocenters. The second-order valence-electron chi connectivity index (χ2n) is 4.30. The van der Waals surface area contributed by atoms with E-state index in [1.165, 1.54) is 22.3 Å². The number of aromatic nitrogens is 1. The zero-order valence-electron chi connectivity index (χ0n) is 9.73. The van der Waals surface area contributed by atoms with Crippen LogP contribution < -0.4 is 10.5 Å². The van der Waals surface area contributed by atoms with E-state index >= 15 is 0 Å². The lowest BCUT2D eigenvalue weighted by atomic mass is 9.93. The van der Waals surface area contributed by atoms with Crippen LogP contribution in [-0.2, 0) is 6.42 Å². The van der Waals surface area contributed by atoms with Crippen molar-refractivity contribution in [3.8, 4) is 16.9 Å². The number of aryl methyl sites for hydroxylation is 1. The Morgan fingerprint density at radius 3 is 2.82 bits per heavy atom. The molecule has 1 aliphatic rings. The zero-order chi connectivity index (χ0) is 11.8. The number of nitrogen functional groups attached to an aromatic ring is 1. The predicted octanol–water partition coefficient (Wildman–Crippen LogP) is 2.57. The minimum Gasteiger partial charge on any atom is -0.491 e. The zero-order valence-corrected chi connectivity index (χ0v) is 9.73.